The molecule has 2 aromatic carbocycles. The number of fused-ring (bicyclic) bond motifs is 1. The van der Waals surface area contributed by atoms with E-state index < -0.39 is 5.97 Å². The Balaban J connectivity index is 1.32. The van der Waals surface area contributed by atoms with Crippen molar-refractivity contribution in [2.24, 2.45) is 0 Å². The molecule has 1 aromatic heterocycles. The summed E-state index contributed by atoms with van der Waals surface area (Å²) in [7, 11) is 2.02. The monoisotopic (exact) mass is 465 g/mol. The van der Waals surface area contributed by atoms with Gasteiger partial charge in [-0.25, -0.2) is 9.97 Å². The Bertz CT molecular complexity index is 1150. The van der Waals surface area contributed by atoms with Gasteiger partial charge in [0.15, 0.2) is 5.82 Å². The molecular weight excluding hydrogens is 438 g/mol. The average molecular weight is 466 g/mol. The van der Waals surface area contributed by atoms with Crippen LogP contribution in [-0.2, 0) is 11.2 Å². The van der Waals surface area contributed by atoms with Gasteiger partial charge in [0.25, 0.3) is 0 Å². The summed E-state index contributed by atoms with van der Waals surface area (Å²) in [4.78, 5) is 22.4. The molecule has 0 saturated carbocycles. The fourth-order valence-electron chi connectivity index (χ4n) is 4.38. The largest absolute Gasteiger partial charge is 0.494 e. The van der Waals surface area contributed by atoms with Gasteiger partial charge in [-0.15, -0.1) is 0 Å². The highest BCUT2D eigenvalue weighted by molar-refractivity contribution is 6.30. The fourth-order valence-corrected chi connectivity index (χ4v) is 4.57. The molecule has 1 heterocycles. The van der Waals surface area contributed by atoms with Crippen molar-refractivity contribution in [2.75, 3.05) is 25.1 Å². The lowest BCUT2D eigenvalue weighted by Gasteiger charge is -2.21. The Labute approximate surface area is 199 Å². The smallest absolute Gasteiger partial charge is 0.303 e. The first-order valence-electron chi connectivity index (χ1n) is 11.2. The minimum absolute atomic E-state index is 0.119. The summed E-state index contributed by atoms with van der Waals surface area (Å²) in [5.74, 6) is 1.76. The third-order valence-electron chi connectivity index (χ3n) is 6.03. The van der Waals surface area contributed by atoms with Crippen molar-refractivity contribution < 1.29 is 14.6 Å². The van der Waals surface area contributed by atoms with Crippen LogP contribution >= 0.6 is 11.6 Å². The van der Waals surface area contributed by atoms with E-state index in [2.05, 4.69) is 16.0 Å². The number of carboxylic acid groups (broad SMARTS) is 1. The number of hydrogen-bond donors (Lipinski definition) is 1. The number of halogens is 1. The molecule has 1 aliphatic carbocycles. The van der Waals surface area contributed by atoms with Gasteiger partial charge in [0.2, 0.25) is 0 Å². The second kappa shape index (κ2) is 10.2. The van der Waals surface area contributed by atoms with Gasteiger partial charge in [0, 0.05) is 35.9 Å². The van der Waals surface area contributed by atoms with Crippen LogP contribution < -0.4 is 9.64 Å². The molecule has 0 saturated heterocycles. The zero-order chi connectivity index (χ0) is 23.4. The van der Waals surface area contributed by atoms with Gasteiger partial charge in [-0.2, -0.15) is 0 Å². The number of aryl methyl sites for hydroxylation is 2. The molecule has 1 aliphatic rings. The van der Waals surface area contributed by atoms with E-state index in [0.29, 0.717) is 17.5 Å². The maximum atomic E-state index is 11.0. The molecule has 1 atom stereocenters. The summed E-state index contributed by atoms with van der Waals surface area (Å²) in [6, 6.07) is 13.6. The summed E-state index contributed by atoms with van der Waals surface area (Å²) >= 11 is 6.12. The number of benzene rings is 2. The highest BCUT2D eigenvalue weighted by atomic mass is 35.5. The Morgan fingerprint density at radius 3 is 2.91 bits per heavy atom. The van der Waals surface area contributed by atoms with Crippen molar-refractivity contribution in [1.29, 1.82) is 0 Å². The van der Waals surface area contributed by atoms with Gasteiger partial charge < -0.3 is 14.7 Å². The van der Waals surface area contributed by atoms with Crippen molar-refractivity contribution in [1.82, 2.24) is 9.97 Å². The van der Waals surface area contributed by atoms with Crippen LogP contribution in [-0.4, -0.2) is 41.2 Å². The molecule has 0 unspecified atom stereocenters. The fraction of sp³-hybridized carbons (Fsp3) is 0.346. The van der Waals surface area contributed by atoms with E-state index in [-0.39, 0.29) is 12.3 Å². The van der Waals surface area contributed by atoms with Gasteiger partial charge >= 0.3 is 5.97 Å². The van der Waals surface area contributed by atoms with Gasteiger partial charge in [0.1, 0.15) is 11.6 Å². The highest BCUT2D eigenvalue weighted by Gasteiger charge is 2.24. The van der Waals surface area contributed by atoms with Crippen LogP contribution in [0.4, 0.5) is 5.82 Å². The normalized spacial score (nSPS) is 14.7. The third-order valence-corrected chi connectivity index (χ3v) is 6.27. The summed E-state index contributed by atoms with van der Waals surface area (Å²) in [6.07, 6.45) is 4.68. The van der Waals surface area contributed by atoms with Gasteiger partial charge in [-0.05, 0) is 67.5 Å². The molecule has 3 aromatic rings. The van der Waals surface area contributed by atoms with Crippen molar-refractivity contribution in [3.05, 3.63) is 70.4 Å². The second-order valence-electron chi connectivity index (χ2n) is 8.53. The minimum atomic E-state index is -0.740. The summed E-state index contributed by atoms with van der Waals surface area (Å²) in [5.41, 5.74) is 4.27. The number of hydrogen-bond acceptors (Lipinski definition) is 5. The standard InChI is InChI=1S/C26H28ClN3O3/c1-17-16-28-25(20-5-3-6-21(27)13-20)29-26(17)30(2)11-4-12-33-22-9-10-23-18(14-22)7-8-19(23)15-24(31)32/h3,5-6,9-10,13-14,16,19H,4,7-8,11-12,15H2,1-2H3,(H,31,32)/t19-/m0/s1. The predicted molar refractivity (Wildman–Crippen MR) is 130 cm³/mol. The first-order valence-corrected chi connectivity index (χ1v) is 11.6. The molecule has 172 valence electrons. The first-order chi connectivity index (χ1) is 15.9. The number of ether oxygens (including phenoxy) is 1. The number of carboxylic acids is 1. The maximum absolute atomic E-state index is 11.0. The third kappa shape index (κ3) is 5.63. The van der Waals surface area contributed by atoms with Crippen molar-refractivity contribution in [3.63, 3.8) is 0 Å². The molecule has 0 spiro atoms. The van der Waals surface area contributed by atoms with E-state index in [1.54, 1.807) is 0 Å². The second-order valence-corrected chi connectivity index (χ2v) is 8.96. The van der Waals surface area contributed by atoms with E-state index >= 15 is 0 Å². The molecule has 0 radical (unpaired) electrons. The molecule has 0 bridgehead atoms. The van der Waals surface area contributed by atoms with Gasteiger partial charge in [-0.1, -0.05) is 29.8 Å². The van der Waals surface area contributed by atoms with Crippen LogP contribution in [0.1, 0.15) is 41.9 Å². The number of aromatic nitrogens is 2. The van der Waals surface area contributed by atoms with Crippen molar-refractivity contribution in [2.45, 2.75) is 38.5 Å². The summed E-state index contributed by atoms with van der Waals surface area (Å²) < 4.78 is 5.98. The van der Waals surface area contributed by atoms with Crippen LogP contribution in [0, 0.1) is 6.92 Å². The van der Waals surface area contributed by atoms with E-state index in [1.165, 1.54) is 5.56 Å². The summed E-state index contributed by atoms with van der Waals surface area (Å²) in [6.45, 7) is 3.39. The van der Waals surface area contributed by atoms with Gasteiger partial charge in [0.05, 0.1) is 13.0 Å². The van der Waals surface area contributed by atoms with Gasteiger partial charge in [-0.3, -0.25) is 4.79 Å². The first kappa shape index (κ1) is 23.1. The lowest BCUT2D eigenvalue weighted by Crippen LogP contribution is -2.22. The number of rotatable bonds is 9. The Morgan fingerprint density at radius 1 is 1.27 bits per heavy atom. The molecular formula is C26H28ClN3O3. The minimum Gasteiger partial charge on any atom is -0.494 e. The van der Waals surface area contributed by atoms with Crippen molar-refractivity contribution >= 4 is 23.4 Å². The molecule has 4 rings (SSSR count). The summed E-state index contributed by atoms with van der Waals surface area (Å²) in [5, 5.41) is 9.74. The SMILES string of the molecule is Cc1cnc(-c2cccc(Cl)c2)nc1N(C)CCCOc1ccc2c(c1)CC[C@H]2CC(=O)O. The molecule has 7 heteroatoms. The van der Waals surface area contributed by atoms with Crippen LogP contribution in [0.3, 0.4) is 0 Å². The highest BCUT2D eigenvalue weighted by Crippen LogP contribution is 2.37. The van der Waals surface area contributed by atoms with E-state index in [9.17, 15) is 4.79 Å². The Kier molecular flexibility index (Phi) is 7.14. The van der Waals surface area contributed by atoms with E-state index in [4.69, 9.17) is 26.4 Å². The van der Waals surface area contributed by atoms with E-state index in [0.717, 1.165) is 54.1 Å². The Morgan fingerprint density at radius 2 is 2.12 bits per heavy atom. The van der Waals surface area contributed by atoms with Crippen LogP contribution in [0.25, 0.3) is 11.4 Å². The topological polar surface area (TPSA) is 75.5 Å². The van der Waals surface area contributed by atoms with E-state index in [1.807, 2.05) is 56.6 Å². The molecule has 1 N–H and O–H groups in total. The van der Waals surface area contributed by atoms with Crippen LogP contribution in [0.15, 0.2) is 48.7 Å². The van der Waals surface area contributed by atoms with Crippen molar-refractivity contribution in [3.8, 4) is 17.1 Å². The zero-order valence-corrected chi connectivity index (χ0v) is 19.7. The molecule has 0 amide bonds. The number of aliphatic carboxylic acids is 1. The van der Waals surface area contributed by atoms with Crippen LogP contribution in [0.5, 0.6) is 5.75 Å². The lowest BCUT2D eigenvalue weighted by molar-refractivity contribution is -0.137. The zero-order valence-electron chi connectivity index (χ0n) is 18.9. The molecule has 0 fully saturated rings. The van der Waals surface area contributed by atoms with Crippen LogP contribution in [0.2, 0.25) is 5.02 Å². The number of nitrogens with zero attached hydrogens (tertiary/aromatic N) is 3. The average Bonchev–Trinajstić information content (AvgIpc) is 3.18. The molecule has 6 nitrogen and oxygen atoms in total. The maximum Gasteiger partial charge on any atom is 0.303 e. The number of carbonyl (C=O) groups is 1. The quantitative estimate of drug-likeness (QED) is 0.419. The lowest BCUT2D eigenvalue weighted by atomic mass is 9.98. The predicted octanol–water partition coefficient (Wildman–Crippen LogP) is 5.52. The number of anilines is 1. The molecule has 33 heavy (non-hydrogen) atoms. The molecule has 0 aliphatic heterocycles. The Hall–Kier alpha value is -3.12.